The molecule has 0 radical (unpaired) electrons. The maximum absolute atomic E-state index is 13.3. The van der Waals surface area contributed by atoms with Crippen LogP contribution in [0.1, 0.15) is 43.8 Å². The van der Waals surface area contributed by atoms with Crippen molar-refractivity contribution < 1.29 is 4.39 Å². The lowest BCUT2D eigenvalue weighted by molar-refractivity contribution is 0.251. The van der Waals surface area contributed by atoms with Crippen LogP contribution in [0.5, 0.6) is 0 Å². The minimum Gasteiger partial charge on any atom is -0.300 e. The molecule has 1 N–H and O–H groups in total. The first-order chi connectivity index (χ1) is 13.3. The summed E-state index contributed by atoms with van der Waals surface area (Å²) < 4.78 is 17.9. The monoisotopic (exact) mass is 398 g/mol. The summed E-state index contributed by atoms with van der Waals surface area (Å²) in [6.07, 6.45) is 0. The van der Waals surface area contributed by atoms with E-state index in [4.69, 9.17) is 12.2 Å². The molecule has 0 aliphatic carbocycles. The van der Waals surface area contributed by atoms with E-state index in [2.05, 4.69) is 43.3 Å². The number of rotatable bonds is 6. The zero-order chi connectivity index (χ0) is 20.3. The highest BCUT2D eigenvalue weighted by Gasteiger charge is 2.26. The predicted molar refractivity (Wildman–Crippen MR) is 113 cm³/mol. The van der Waals surface area contributed by atoms with Gasteiger partial charge in [-0.1, -0.05) is 63.2 Å². The standard InChI is InChI=1S/C22H27FN4S/c1-16-25-27(21(28)26(16)14-17-8-6-5-7-9-17)15-24-20(22(2,3)4)18-10-12-19(23)13-11-18/h5-13,20,24H,14-15H2,1-4H3/t20-/m1/s1. The molecule has 0 bridgehead atoms. The Hall–Kier alpha value is -2.31. The summed E-state index contributed by atoms with van der Waals surface area (Å²) in [4.78, 5) is 0. The fraction of sp³-hybridized carbons (Fsp3) is 0.364. The first kappa shape index (κ1) is 20.4. The van der Waals surface area contributed by atoms with Crippen LogP contribution in [0.15, 0.2) is 54.6 Å². The fourth-order valence-corrected chi connectivity index (χ4v) is 3.66. The predicted octanol–water partition coefficient (Wildman–Crippen LogP) is 5.24. The minimum absolute atomic E-state index is 0.0366. The summed E-state index contributed by atoms with van der Waals surface area (Å²) in [5.74, 6) is 0.652. The highest BCUT2D eigenvalue weighted by molar-refractivity contribution is 7.71. The van der Waals surface area contributed by atoms with Gasteiger partial charge in [0.05, 0.1) is 13.2 Å². The van der Waals surface area contributed by atoms with E-state index in [-0.39, 0.29) is 17.3 Å². The molecule has 0 aliphatic rings. The minimum atomic E-state index is -0.228. The lowest BCUT2D eigenvalue weighted by Gasteiger charge is -2.32. The van der Waals surface area contributed by atoms with Gasteiger partial charge in [-0.25, -0.2) is 9.07 Å². The van der Waals surface area contributed by atoms with Gasteiger partial charge in [-0.15, -0.1) is 0 Å². The number of aryl methyl sites for hydroxylation is 1. The molecule has 28 heavy (non-hydrogen) atoms. The Bertz CT molecular complexity index is 969. The van der Waals surface area contributed by atoms with Crippen molar-refractivity contribution in [3.63, 3.8) is 0 Å². The molecular weight excluding hydrogens is 371 g/mol. The number of nitrogens with zero attached hydrogens (tertiary/aromatic N) is 3. The van der Waals surface area contributed by atoms with E-state index in [1.54, 1.807) is 0 Å². The summed E-state index contributed by atoms with van der Waals surface area (Å²) in [7, 11) is 0. The second kappa shape index (κ2) is 8.37. The average Bonchev–Trinajstić information content (AvgIpc) is 2.91. The summed E-state index contributed by atoms with van der Waals surface area (Å²) in [5.41, 5.74) is 2.18. The van der Waals surface area contributed by atoms with Crippen molar-refractivity contribution in [1.82, 2.24) is 19.7 Å². The van der Waals surface area contributed by atoms with Gasteiger partial charge in [-0.2, -0.15) is 5.10 Å². The van der Waals surface area contributed by atoms with Crippen molar-refractivity contribution in [2.45, 2.75) is 47.0 Å². The molecule has 0 spiro atoms. The third kappa shape index (κ3) is 4.75. The first-order valence-electron chi connectivity index (χ1n) is 9.43. The van der Waals surface area contributed by atoms with Gasteiger partial charge in [-0.05, 0) is 47.8 Å². The lowest BCUT2D eigenvalue weighted by Crippen LogP contribution is -2.34. The molecule has 2 aromatic carbocycles. The highest BCUT2D eigenvalue weighted by Crippen LogP contribution is 2.32. The number of aromatic nitrogens is 3. The van der Waals surface area contributed by atoms with Crippen LogP contribution in [-0.2, 0) is 13.2 Å². The van der Waals surface area contributed by atoms with E-state index >= 15 is 0 Å². The van der Waals surface area contributed by atoms with Gasteiger partial charge in [0.15, 0.2) is 4.77 Å². The van der Waals surface area contributed by atoms with Crippen molar-refractivity contribution >= 4 is 12.2 Å². The van der Waals surface area contributed by atoms with Crippen LogP contribution < -0.4 is 5.32 Å². The van der Waals surface area contributed by atoms with Crippen LogP contribution in [0.3, 0.4) is 0 Å². The molecule has 148 valence electrons. The van der Waals surface area contributed by atoms with E-state index in [1.807, 2.05) is 46.5 Å². The largest absolute Gasteiger partial charge is 0.300 e. The van der Waals surface area contributed by atoms with Crippen LogP contribution in [-0.4, -0.2) is 14.3 Å². The summed E-state index contributed by atoms with van der Waals surface area (Å²) in [6, 6.07) is 16.9. The highest BCUT2D eigenvalue weighted by atomic mass is 32.1. The first-order valence-corrected chi connectivity index (χ1v) is 9.83. The van der Waals surface area contributed by atoms with Gasteiger partial charge in [0, 0.05) is 6.04 Å². The molecule has 0 saturated heterocycles. The molecule has 0 fully saturated rings. The molecule has 1 aromatic heterocycles. The topological polar surface area (TPSA) is 34.8 Å². The van der Waals surface area contributed by atoms with Crippen molar-refractivity contribution in [2.75, 3.05) is 0 Å². The SMILES string of the molecule is Cc1nn(CN[C@H](c2ccc(F)cc2)C(C)(C)C)c(=S)n1Cc1ccccc1. The molecule has 1 heterocycles. The van der Waals surface area contributed by atoms with Crippen molar-refractivity contribution in [1.29, 1.82) is 0 Å². The molecular formula is C22H27FN4S. The molecule has 6 heteroatoms. The second-order valence-corrected chi connectivity index (χ2v) is 8.48. The Morgan fingerprint density at radius 2 is 1.71 bits per heavy atom. The smallest absolute Gasteiger partial charge is 0.199 e. The van der Waals surface area contributed by atoms with E-state index in [0.717, 1.165) is 11.4 Å². The lowest BCUT2D eigenvalue weighted by atomic mass is 9.82. The third-order valence-electron chi connectivity index (χ3n) is 4.81. The number of nitrogens with one attached hydrogen (secondary N) is 1. The summed E-state index contributed by atoms with van der Waals surface area (Å²) in [6.45, 7) is 9.63. The Balaban J connectivity index is 1.80. The van der Waals surface area contributed by atoms with Crippen molar-refractivity contribution in [2.24, 2.45) is 5.41 Å². The number of hydrogen-bond acceptors (Lipinski definition) is 3. The van der Waals surface area contributed by atoms with E-state index < -0.39 is 0 Å². The van der Waals surface area contributed by atoms with E-state index in [0.29, 0.717) is 18.0 Å². The van der Waals surface area contributed by atoms with Gasteiger partial charge in [-0.3, -0.25) is 9.88 Å². The molecule has 3 rings (SSSR count). The number of hydrogen-bond donors (Lipinski definition) is 1. The maximum Gasteiger partial charge on any atom is 0.199 e. The Morgan fingerprint density at radius 3 is 2.32 bits per heavy atom. The van der Waals surface area contributed by atoms with Gasteiger partial charge in [0.1, 0.15) is 11.6 Å². The van der Waals surface area contributed by atoms with Crippen molar-refractivity contribution in [3.8, 4) is 0 Å². The zero-order valence-electron chi connectivity index (χ0n) is 16.8. The molecule has 0 amide bonds. The van der Waals surface area contributed by atoms with Crippen LogP contribution >= 0.6 is 12.2 Å². The third-order valence-corrected chi connectivity index (χ3v) is 5.24. The molecule has 0 saturated carbocycles. The Labute approximate surface area is 171 Å². The van der Waals surface area contributed by atoms with Gasteiger partial charge >= 0.3 is 0 Å². The number of benzene rings is 2. The normalized spacial score (nSPS) is 12.9. The summed E-state index contributed by atoms with van der Waals surface area (Å²) >= 11 is 5.67. The van der Waals surface area contributed by atoms with Crippen molar-refractivity contribution in [3.05, 3.63) is 82.1 Å². The molecule has 0 aliphatic heterocycles. The Kier molecular flexibility index (Phi) is 6.10. The molecule has 3 aromatic rings. The number of halogens is 1. The van der Waals surface area contributed by atoms with Crippen LogP contribution in [0.25, 0.3) is 0 Å². The molecule has 4 nitrogen and oxygen atoms in total. The average molecular weight is 399 g/mol. The maximum atomic E-state index is 13.3. The van der Waals surface area contributed by atoms with Crippen LogP contribution in [0.4, 0.5) is 4.39 Å². The van der Waals surface area contributed by atoms with E-state index in [9.17, 15) is 4.39 Å². The van der Waals surface area contributed by atoms with Gasteiger partial charge in [0.25, 0.3) is 0 Å². The van der Waals surface area contributed by atoms with Crippen LogP contribution in [0.2, 0.25) is 0 Å². The van der Waals surface area contributed by atoms with Gasteiger partial charge in [0.2, 0.25) is 0 Å². The second-order valence-electron chi connectivity index (χ2n) is 8.11. The molecule has 0 unspecified atom stereocenters. The van der Waals surface area contributed by atoms with Gasteiger partial charge < -0.3 is 0 Å². The fourth-order valence-electron chi connectivity index (χ4n) is 3.36. The molecule has 1 atom stereocenters. The Morgan fingerprint density at radius 1 is 1.07 bits per heavy atom. The summed E-state index contributed by atoms with van der Waals surface area (Å²) in [5, 5.41) is 8.18. The van der Waals surface area contributed by atoms with Crippen LogP contribution in [0, 0.1) is 22.9 Å². The zero-order valence-corrected chi connectivity index (χ0v) is 17.6. The van der Waals surface area contributed by atoms with E-state index in [1.165, 1.54) is 17.7 Å². The quantitative estimate of drug-likeness (QED) is 0.576.